The summed E-state index contributed by atoms with van der Waals surface area (Å²) in [5, 5.41) is 12.6. The lowest BCUT2D eigenvalue weighted by Gasteiger charge is -2.04. The first kappa shape index (κ1) is 14.8. The van der Waals surface area contributed by atoms with E-state index in [1.165, 1.54) is 12.1 Å². The van der Waals surface area contributed by atoms with Gasteiger partial charge in [0, 0.05) is 46.4 Å². The highest BCUT2D eigenvalue weighted by Crippen LogP contribution is 2.25. The summed E-state index contributed by atoms with van der Waals surface area (Å²) < 4.78 is 0. The first-order valence-corrected chi connectivity index (χ1v) is 7.61. The molecule has 0 aliphatic heterocycles. The van der Waals surface area contributed by atoms with Crippen LogP contribution in [0.15, 0.2) is 67.0 Å². The first-order chi connectivity index (χ1) is 12.2. The van der Waals surface area contributed by atoms with E-state index in [2.05, 4.69) is 21.8 Å². The van der Waals surface area contributed by atoms with Crippen LogP contribution in [0.2, 0.25) is 0 Å². The predicted molar refractivity (Wildman–Crippen MR) is 96.1 cm³/mol. The second-order valence-electron chi connectivity index (χ2n) is 5.45. The molecule has 0 saturated carbocycles. The fourth-order valence-electron chi connectivity index (χ4n) is 2.69. The second-order valence-corrected chi connectivity index (χ2v) is 5.45. The molecule has 25 heavy (non-hydrogen) atoms. The van der Waals surface area contributed by atoms with Crippen LogP contribution in [0.1, 0.15) is 11.1 Å². The van der Waals surface area contributed by atoms with Crippen molar-refractivity contribution in [2.75, 3.05) is 0 Å². The molecule has 0 radical (unpaired) electrons. The van der Waals surface area contributed by atoms with Crippen molar-refractivity contribution in [3.05, 3.63) is 88.2 Å². The standard InChI is InChI=1S/C20H11N3O2/c24-23(25)17-9-6-14(7-10-17)5-8-15-13-16-3-1-11-21-19(16)20-18(15)4-2-12-22-20/h1-4,6-7,9-13H. The van der Waals surface area contributed by atoms with Crippen molar-refractivity contribution >= 4 is 27.5 Å². The number of benzene rings is 2. The molecule has 5 heteroatoms. The number of nitro benzene ring substituents is 1. The van der Waals surface area contributed by atoms with Crippen LogP contribution < -0.4 is 0 Å². The summed E-state index contributed by atoms with van der Waals surface area (Å²) in [6, 6.07) is 15.9. The molecule has 0 spiro atoms. The molecule has 0 aliphatic carbocycles. The molecule has 0 unspecified atom stereocenters. The molecule has 0 bridgehead atoms. The largest absolute Gasteiger partial charge is 0.269 e. The van der Waals surface area contributed by atoms with E-state index in [-0.39, 0.29) is 5.69 Å². The normalized spacial score (nSPS) is 10.4. The molecule has 0 N–H and O–H groups in total. The number of nitrogens with zero attached hydrogens (tertiary/aromatic N) is 3. The Morgan fingerprint density at radius 3 is 2.36 bits per heavy atom. The number of aromatic nitrogens is 2. The molecule has 0 saturated heterocycles. The molecule has 4 rings (SSSR count). The number of nitro groups is 1. The summed E-state index contributed by atoms with van der Waals surface area (Å²) in [6.45, 7) is 0. The van der Waals surface area contributed by atoms with Crippen molar-refractivity contribution in [1.82, 2.24) is 9.97 Å². The van der Waals surface area contributed by atoms with E-state index in [1.54, 1.807) is 24.5 Å². The smallest absolute Gasteiger partial charge is 0.258 e. The monoisotopic (exact) mass is 325 g/mol. The van der Waals surface area contributed by atoms with E-state index < -0.39 is 4.92 Å². The number of non-ortho nitro benzene ring substituents is 1. The van der Waals surface area contributed by atoms with Gasteiger partial charge in [-0.15, -0.1) is 0 Å². The number of rotatable bonds is 1. The predicted octanol–water partition coefficient (Wildman–Crippen LogP) is 4.09. The van der Waals surface area contributed by atoms with Crippen LogP contribution in [0, 0.1) is 22.0 Å². The van der Waals surface area contributed by atoms with Crippen LogP contribution in [-0.4, -0.2) is 14.9 Å². The molecule has 0 atom stereocenters. The molecule has 0 fully saturated rings. The lowest BCUT2D eigenvalue weighted by atomic mass is 10.0. The van der Waals surface area contributed by atoms with Gasteiger partial charge in [-0.2, -0.15) is 0 Å². The van der Waals surface area contributed by atoms with E-state index >= 15 is 0 Å². The summed E-state index contributed by atoms with van der Waals surface area (Å²) in [5.41, 5.74) is 3.28. The molecular weight excluding hydrogens is 314 g/mol. The Morgan fingerprint density at radius 2 is 1.60 bits per heavy atom. The van der Waals surface area contributed by atoms with Gasteiger partial charge in [0.15, 0.2) is 0 Å². The zero-order chi connectivity index (χ0) is 17.2. The van der Waals surface area contributed by atoms with Gasteiger partial charge >= 0.3 is 0 Å². The quantitative estimate of drug-likeness (QED) is 0.229. The number of fused-ring (bicyclic) bond motifs is 3. The van der Waals surface area contributed by atoms with Crippen LogP contribution in [0.4, 0.5) is 5.69 Å². The van der Waals surface area contributed by atoms with Crippen molar-refractivity contribution in [3.63, 3.8) is 0 Å². The van der Waals surface area contributed by atoms with Gasteiger partial charge in [0.2, 0.25) is 0 Å². The van der Waals surface area contributed by atoms with E-state index in [1.807, 2.05) is 30.3 Å². The van der Waals surface area contributed by atoms with Crippen LogP contribution in [0.5, 0.6) is 0 Å². The fraction of sp³-hybridized carbons (Fsp3) is 0. The zero-order valence-corrected chi connectivity index (χ0v) is 13.0. The fourth-order valence-corrected chi connectivity index (χ4v) is 2.69. The van der Waals surface area contributed by atoms with Crippen LogP contribution in [-0.2, 0) is 0 Å². The average molecular weight is 325 g/mol. The Morgan fingerprint density at radius 1 is 0.880 bits per heavy atom. The Hall–Kier alpha value is -3.78. The first-order valence-electron chi connectivity index (χ1n) is 7.61. The Bertz CT molecular complexity index is 1170. The Labute approximate surface area is 143 Å². The summed E-state index contributed by atoms with van der Waals surface area (Å²) in [5.74, 6) is 6.22. The zero-order valence-electron chi connectivity index (χ0n) is 13.0. The van der Waals surface area contributed by atoms with E-state index in [0.29, 0.717) is 5.56 Å². The number of hydrogen-bond acceptors (Lipinski definition) is 4. The lowest BCUT2D eigenvalue weighted by molar-refractivity contribution is -0.384. The van der Waals surface area contributed by atoms with E-state index in [4.69, 9.17) is 0 Å². The highest BCUT2D eigenvalue weighted by Gasteiger charge is 2.07. The third kappa shape index (κ3) is 2.77. The van der Waals surface area contributed by atoms with Crippen LogP contribution in [0.3, 0.4) is 0 Å². The summed E-state index contributed by atoms with van der Waals surface area (Å²) >= 11 is 0. The molecule has 2 aromatic heterocycles. The van der Waals surface area contributed by atoms with Crippen molar-refractivity contribution in [2.24, 2.45) is 0 Å². The molecule has 2 heterocycles. The maximum atomic E-state index is 10.7. The van der Waals surface area contributed by atoms with Gasteiger partial charge in [0.25, 0.3) is 5.69 Å². The molecule has 0 aliphatic rings. The molecule has 2 aromatic carbocycles. The van der Waals surface area contributed by atoms with Gasteiger partial charge in [0.1, 0.15) is 0 Å². The molecule has 118 valence electrons. The van der Waals surface area contributed by atoms with Crippen molar-refractivity contribution < 1.29 is 4.92 Å². The van der Waals surface area contributed by atoms with Crippen molar-refractivity contribution in [2.45, 2.75) is 0 Å². The minimum atomic E-state index is -0.424. The second kappa shape index (κ2) is 6.02. The highest BCUT2D eigenvalue weighted by atomic mass is 16.6. The molecule has 4 aromatic rings. The molecular formula is C20H11N3O2. The maximum absolute atomic E-state index is 10.7. The van der Waals surface area contributed by atoms with Gasteiger partial charge in [-0.05, 0) is 36.4 Å². The topological polar surface area (TPSA) is 68.9 Å². The minimum Gasteiger partial charge on any atom is -0.258 e. The lowest BCUT2D eigenvalue weighted by Crippen LogP contribution is -1.89. The van der Waals surface area contributed by atoms with Crippen molar-refractivity contribution in [1.29, 1.82) is 0 Å². The SMILES string of the molecule is O=[N+]([O-])c1ccc(C#Cc2cc3cccnc3c3ncccc23)cc1. The average Bonchev–Trinajstić information content (AvgIpc) is 2.66. The summed E-state index contributed by atoms with van der Waals surface area (Å²) in [4.78, 5) is 19.2. The van der Waals surface area contributed by atoms with Crippen molar-refractivity contribution in [3.8, 4) is 11.8 Å². The van der Waals surface area contributed by atoms with Gasteiger partial charge in [-0.3, -0.25) is 20.1 Å². The Balaban J connectivity index is 1.85. The van der Waals surface area contributed by atoms with Gasteiger partial charge < -0.3 is 0 Å². The summed E-state index contributed by atoms with van der Waals surface area (Å²) in [7, 11) is 0. The van der Waals surface area contributed by atoms with Gasteiger partial charge in [-0.25, -0.2) is 0 Å². The van der Waals surface area contributed by atoms with Gasteiger partial charge in [-0.1, -0.05) is 17.9 Å². The highest BCUT2D eigenvalue weighted by molar-refractivity contribution is 6.05. The number of pyridine rings is 2. The van der Waals surface area contributed by atoms with E-state index in [9.17, 15) is 10.1 Å². The maximum Gasteiger partial charge on any atom is 0.269 e. The third-order valence-electron chi connectivity index (χ3n) is 3.88. The Kier molecular flexibility index (Phi) is 3.56. The third-order valence-corrected chi connectivity index (χ3v) is 3.88. The van der Waals surface area contributed by atoms with Crippen LogP contribution in [0.25, 0.3) is 21.8 Å². The minimum absolute atomic E-state index is 0.0528. The summed E-state index contributed by atoms with van der Waals surface area (Å²) in [6.07, 6.45) is 3.49. The molecule has 5 nitrogen and oxygen atoms in total. The van der Waals surface area contributed by atoms with E-state index in [0.717, 1.165) is 27.4 Å². The number of hydrogen-bond donors (Lipinski definition) is 0. The van der Waals surface area contributed by atoms with Crippen LogP contribution >= 0.6 is 0 Å². The molecule has 0 amide bonds. The van der Waals surface area contributed by atoms with Gasteiger partial charge in [0.05, 0.1) is 16.0 Å².